The number of allylic oxidation sites excluding steroid dienone is 2. The molecule has 0 saturated carbocycles. The maximum Gasteiger partial charge on any atom is 0.254 e. The van der Waals surface area contributed by atoms with Crippen molar-refractivity contribution in [1.82, 2.24) is 15.2 Å². The molecule has 174 valence electrons. The van der Waals surface area contributed by atoms with Crippen LogP contribution in [-0.2, 0) is 11.2 Å². The number of fused-ring (bicyclic) bond motifs is 1. The molecule has 6 heteroatoms. The van der Waals surface area contributed by atoms with Gasteiger partial charge in [0.1, 0.15) is 5.75 Å². The molecular weight excluding hydrogens is 412 g/mol. The molecule has 0 bridgehead atoms. The molecule has 4 rings (SSSR count). The summed E-state index contributed by atoms with van der Waals surface area (Å²) in [6.07, 6.45) is 8.32. The molecule has 0 spiro atoms. The minimum atomic E-state index is -0.0689. The fraction of sp³-hybridized carbons (Fsp3) is 0.370. The predicted molar refractivity (Wildman–Crippen MR) is 136 cm³/mol. The van der Waals surface area contributed by atoms with E-state index in [1.807, 2.05) is 19.1 Å². The van der Waals surface area contributed by atoms with Gasteiger partial charge in [0.25, 0.3) is 5.91 Å². The molecule has 1 amide bonds. The fourth-order valence-electron chi connectivity index (χ4n) is 4.66. The number of H-pyrrole nitrogens is 1. The Labute approximate surface area is 196 Å². The van der Waals surface area contributed by atoms with Crippen LogP contribution in [0.25, 0.3) is 17.2 Å². The van der Waals surface area contributed by atoms with E-state index in [4.69, 9.17) is 0 Å². The molecular formula is C27H34N4O2. The zero-order valence-corrected chi connectivity index (χ0v) is 20.0. The molecule has 2 aliphatic rings. The summed E-state index contributed by atoms with van der Waals surface area (Å²) < 4.78 is 0. The summed E-state index contributed by atoms with van der Waals surface area (Å²) in [5.41, 5.74) is 7.60. The monoisotopic (exact) mass is 446 g/mol. The number of hydrogen-bond acceptors (Lipinski definition) is 4. The summed E-state index contributed by atoms with van der Waals surface area (Å²) in [7, 11) is 4.13. The van der Waals surface area contributed by atoms with Gasteiger partial charge in [-0.1, -0.05) is 19.1 Å². The van der Waals surface area contributed by atoms with E-state index in [2.05, 4.69) is 59.8 Å². The largest absolute Gasteiger partial charge is 0.508 e. The molecule has 0 saturated heterocycles. The van der Waals surface area contributed by atoms with Crippen LogP contribution in [0.1, 0.15) is 42.8 Å². The number of nitrogens with zero attached hydrogens (tertiary/aromatic N) is 1. The fourth-order valence-corrected chi connectivity index (χ4v) is 4.66. The number of phenols is 1. The Morgan fingerprint density at radius 3 is 2.88 bits per heavy atom. The average Bonchev–Trinajstić information content (AvgIpc) is 3.35. The van der Waals surface area contributed by atoms with Gasteiger partial charge in [-0.05, 0) is 93.4 Å². The highest BCUT2D eigenvalue weighted by Crippen LogP contribution is 2.38. The second-order valence-electron chi connectivity index (χ2n) is 9.21. The Bertz CT molecular complexity index is 1140. The minimum absolute atomic E-state index is 0.0689. The smallest absolute Gasteiger partial charge is 0.254 e. The number of nitrogens with one attached hydrogen (secondary N) is 3. The van der Waals surface area contributed by atoms with Crippen LogP contribution in [-0.4, -0.2) is 54.6 Å². The summed E-state index contributed by atoms with van der Waals surface area (Å²) in [5, 5.41) is 16.8. The van der Waals surface area contributed by atoms with Crippen molar-refractivity contribution in [2.45, 2.75) is 26.7 Å². The summed E-state index contributed by atoms with van der Waals surface area (Å²) in [6, 6.07) is 7.51. The second-order valence-corrected chi connectivity index (χ2v) is 9.21. The molecule has 0 radical (unpaired) electrons. The molecule has 4 N–H and O–H groups in total. The van der Waals surface area contributed by atoms with E-state index >= 15 is 0 Å². The Kier molecular flexibility index (Phi) is 6.75. The normalized spacial score (nSPS) is 18.2. The third-order valence-electron chi connectivity index (χ3n) is 6.30. The SMILES string of the molecule is C/C=C(/C1=C(c2cc3c([nH]2)C=CC(C)C3)C(=O)NC1)c1cc(O)ccc1NCCCN(C)C. The predicted octanol–water partition coefficient (Wildman–Crippen LogP) is 4.28. The molecule has 2 heterocycles. The highest BCUT2D eigenvalue weighted by Gasteiger charge is 2.29. The van der Waals surface area contributed by atoms with Crippen molar-refractivity contribution in [3.05, 3.63) is 64.5 Å². The molecule has 1 atom stereocenters. The lowest BCUT2D eigenvalue weighted by Gasteiger charge is -2.17. The highest BCUT2D eigenvalue weighted by atomic mass is 16.3. The first-order chi connectivity index (χ1) is 15.9. The van der Waals surface area contributed by atoms with E-state index < -0.39 is 0 Å². The summed E-state index contributed by atoms with van der Waals surface area (Å²) in [4.78, 5) is 18.6. The van der Waals surface area contributed by atoms with Crippen LogP contribution in [0.5, 0.6) is 5.75 Å². The molecule has 1 aliphatic carbocycles. The van der Waals surface area contributed by atoms with E-state index in [-0.39, 0.29) is 11.7 Å². The second kappa shape index (κ2) is 9.71. The standard InChI is InChI=1S/C27H34N4O2/c1-5-20(21-15-19(32)8-10-24(21)28-11-6-12-31(3)4)22-16-29-27(33)26(22)25-14-18-13-17(2)7-9-23(18)30-25/h5,7-10,14-15,17,28,30,32H,6,11-13,16H2,1-4H3,(H,29,33)/b20-5+. The Morgan fingerprint density at radius 2 is 2.12 bits per heavy atom. The van der Waals surface area contributed by atoms with E-state index in [0.717, 1.165) is 59.7 Å². The van der Waals surface area contributed by atoms with Gasteiger partial charge >= 0.3 is 0 Å². The molecule has 1 aromatic heterocycles. The van der Waals surface area contributed by atoms with Crippen molar-refractivity contribution in [3.63, 3.8) is 0 Å². The number of carbonyl (C=O) groups is 1. The van der Waals surface area contributed by atoms with Crippen molar-refractivity contribution >= 4 is 28.8 Å². The quantitative estimate of drug-likeness (QED) is 0.361. The van der Waals surface area contributed by atoms with Crippen molar-refractivity contribution in [2.75, 3.05) is 39.0 Å². The van der Waals surface area contributed by atoms with Crippen LogP contribution in [0.4, 0.5) is 5.69 Å². The van der Waals surface area contributed by atoms with E-state index in [1.165, 1.54) is 5.56 Å². The Balaban J connectivity index is 1.71. The van der Waals surface area contributed by atoms with Gasteiger partial charge < -0.3 is 25.6 Å². The molecule has 2 aromatic rings. The van der Waals surface area contributed by atoms with Gasteiger partial charge in [0, 0.05) is 30.0 Å². The highest BCUT2D eigenvalue weighted by molar-refractivity contribution is 6.25. The topological polar surface area (TPSA) is 80.4 Å². The molecule has 1 unspecified atom stereocenters. The van der Waals surface area contributed by atoms with Crippen LogP contribution in [0.3, 0.4) is 0 Å². The number of amides is 1. The van der Waals surface area contributed by atoms with E-state index in [1.54, 1.807) is 12.1 Å². The van der Waals surface area contributed by atoms with Crippen LogP contribution in [0.2, 0.25) is 0 Å². The van der Waals surface area contributed by atoms with Crippen LogP contribution >= 0.6 is 0 Å². The molecule has 33 heavy (non-hydrogen) atoms. The molecule has 1 aliphatic heterocycles. The summed E-state index contributed by atoms with van der Waals surface area (Å²) in [5.74, 6) is 0.629. The number of carbonyl (C=O) groups excluding carboxylic acids is 1. The van der Waals surface area contributed by atoms with Crippen molar-refractivity contribution < 1.29 is 9.90 Å². The first-order valence-corrected chi connectivity index (χ1v) is 11.7. The lowest BCUT2D eigenvalue weighted by Crippen LogP contribution is -2.17. The number of anilines is 1. The van der Waals surface area contributed by atoms with Gasteiger partial charge in [0.15, 0.2) is 0 Å². The number of aromatic nitrogens is 1. The zero-order chi connectivity index (χ0) is 23.5. The molecule has 6 nitrogen and oxygen atoms in total. The number of benzene rings is 1. The number of phenolic OH excluding ortho intramolecular Hbond substituents is 1. The van der Waals surface area contributed by atoms with Crippen LogP contribution in [0, 0.1) is 5.92 Å². The number of rotatable bonds is 8. The lowest BCUT2D eigenvalue weighted by atomic mass is 9.92. The van der Waals surface area contributed by atoms with Gasteiger partial charge in [0.2, 0.25) is 0 Å². The zero-order valence-electron chi connectivity index (χ0n) is 20.0. The number of aromatic amines is 1. The Morgan fingerprint density at radius 1 is 1.30 bits per heavy atom. The summed E-state index contributed by atoms with van der Waals surface area (Å²) >= 11 is 0. The van der Waals surface area contributed by atoms with Crippen LogP contribution < -0.4 is 10.6 Å². The van der Waals surface area contributed by atoms with Gasteiger partial charge in [-0.3, -0.25) is 4.79 Å². The van der Waals surface area contributed by atoms with Gasteiger partial charge in [-0.15, -0.1) is 0 Å². The lowest BCUT2D eigenvalue weighted by molar-refractivity contribution is -0.114. The van der Waals surface area contributed by atoms with Crippen LogP contribution in [0.15, 0.2) is 42.0 Å². The third kappa shape index (κ3) is 4.91. The minimum Gasteiger partial charge on any atom is -0.508 e. The number of aromatic hydroxyl groups is 1. The van der Waals surface area contributed by atoms with Gasteiger partial charge in [-0.2, -0.15) is 0 Å². The molecule has 1 aromatic carbocycles. The Hall–Kier alpha value is -3.25. The third-order valence-corrected chi connectivity index (χ3v) is 6.30. The van der Waals surface area contributed by atoms with Gasteiger partial charge in [0.05, 0.1) is 11.3 Å². The summed E-state index contributed by atoms with van der Waals surface area (Å²) in [6.45, 7) is 6.46. The molecule has 0 fully saturated rings. The van der Waals surface area contributed by atoms with Crippen molar-refractivity contribution in [1.29, 1.82) is 0 Å². The van der Waals surface area contributed by atoms with Crippen molar-refractivity contribution in [2.24, 2.45) is 5.92 Å². The maximum absolute atomic E-state index is 12.9. The first kappa shape index (κ1) is 22.9. The van der Waals surface area contributed by atoms with E-state index in [0.29, 0.717) is 18.0 Å². The average molecular weight is 447 g/mol. The van der Waals surface area contributed by atoms with Crippen molar-refractivity contribution in [3.8, 4) is 5.75 Å². The first-order valence-electron chi connectivity index (χ1n) is 11.7. The van der Waals surface area contributed by atoms with Gasteiger partial charge in [-0.25, -0.2) is 0 Å². The number of hydrogen-bond donors (Lipinski definition) is 4. The van der Waals surface area contributed by atoms with E-state index in [9.17, 15) is 9.90 Å². The maximum atomic E-state index is 12.9.